The molecular weight excluding hydrogens is 336 g/mol. The predicted molar refractivity (Wildman–Crippen MR) is 95.1 cm³/mol. The fourth-order valence-corrected chi connectivity index (χ4v) is 3.57. The summed E-state index contributed by atoms with van der Waals surface area (Å²) in [5, 5.41) is 2.65. The number of imide groups is 1. The SMILES string of the molecule is CC(=O)Nc1ccc(N2C(=O)CC(N3CCC(C(N)=O)CC3)C2=O)cc1. The summed E-state index contributed by atoms with van der Waals surface area (Å²) in [6, 6.07) is 6.10. The van der Waals surface area contributed by atoms with E-state index in [1.165, 1.54) is 11.8 Å². The van der Waals surface area contributed by atoms with Crippen LogP contribution in [-0.2, 0) is 19.2 Å². The molecule has 0 radical (unpaired) electrons. The molecule has 2 heterocycles. The number of hydrogen-bond donors (Lipinski definition) is 2. The summed E-state index contributed by atoms with van der Waals surface area (Å²) in [5.74, 6) is -1.15. The molecule has 2 saturated heterocycles. The Hall–Kier alpha value is -2.74. The number of likely N-dealkylation sites (tertiary alicyclic amines) is 1. The molecule has 26 heavy (non-hydrogen) atoms. The van der Waals surface area contributed by atoms with Crippen LogP contribution >= 0.6 is 0 Å². The van der Waals surface area contributed by atoms with Crippen LogP contribution in [0.15, 0.2) is 24.3 Å². The first kappa shape index (κ1) is 18.1. The third kappa shape index (κ3) is 3.60. The second-order valence-corrected chi connectivity index (χ2v) is 6.73. The molecule has 3 N–H and O–H groups in total. The molecule has 0 bridgehead atoms. The van der Waals surface area contributed by atoms with E-state index < -0.39 is 6.04 Å². The minimum Gasteiger partial charge on any atom is -0.369 e. The van der Waals surface area contributed by atoms with Gasteiger partial charge in [-0.15, -0.1) is 0 Å². The average molecular weight is 358 g/mol. The first-order valence-corrected chi connectivity index (χ1v) is 8.64. The van der Waals surface area contributed by atoms with Gasteiger partial charge in [0.05, 0.1) is 18.2 Å². The fraction of sp³-hybridized carbons (Fsp3) is 0.444. The highest BCUT2D eigenvalue weighted by molar-refractivity contribution is 6.22. The van der Waals surface area contributed by atoms with Gasteiger partial charge in [0.1, 0.15) is 0 Å². The van der Waals surface area contributed by atoms with E-state index in [1.54, 1.807) is 24.3 Å². The maximum atomic E-state index is 12.8. The van der Waals surface area contributed by atoms with Crippen LogP contribution in [0.3, 0.4) is 0 Å². The summed E-state index contributed by atoms with van der Waals surface area (Å²) >= 11 is 0. The molecule has 3 rings (SSSR count). The smallest absolute Gasteiger partial charge is 0.251 e. The molecule has 2 aliphatic heterocycles. The van der Waals surface area contributed by atoms with Crippen LogP contribution in [0.5, 0.6) is 0 Å². The number of piperidine rings is 1. The Balaban J connectivity index is 1.69. The van der Waals surface area contributed by atoms with Crippen molar-refractivity contribution in [1.82, 2.24) is 4.90 Å². The van der Waals surface area contributed by atoms with E-state index in [9.17, 15) is 19.2 Å². The summed E-state index contributed by atoms with van der Waals surface area (Å²) in [6.07, 6.45) is 1.35. The van der Waals surface area contributed by atoms with Gasteiger partial charge < -0.3 is 11.1 Å². The van der Waals surface area contributed by atoms with Crippen molar-refractivity contribution in [3.8, 4) is 0 Å². The molecule has 0 aromatic heterocycles. The standard InChI is InChI=1S/C18H22N4O4/c1-11(23)20-13-2-4-14(5-3-13)22-16(24)10-15(18(22)26)21-8-6-12(7-9-21)17(19)25/h2-5,12,15H,6-10H2,1H3,(H2,19,25)(H,20,23). The fourth-order valence-electron chi connectivity index (χ4n) is 3.57. The van der Waals surface area contributed by atoms with E-state index in [4.69, 9.17) is 5.73 Å². The van der Waals surface area contributed by atoms with Crippen molar-refractivity contribution >= 4 is 35.0 Å². The van der Waals surface area contributed by atoms with Crippen LogP contribution in [-0.4, -0.2) is 47.7 Å². The van der Waals surface area contributed by atoms with Crippen molar-refractivity contribution < 1.29 is 19.2 Å². The Bertz CT molecular complexity index is 738. The van der Waals surface area contributed by atoms with E-state index in [0.717, 1.165) is 0 Å². The molecule has 1 aromatic rings. The Morgan fingerprint density at radius 2 is 1.73 bits per heavy atom. The number of hydrogen-bond acceptors (Lipinski definition) is 5. The lowest BCUT2D eigenvalue weighted by molar-refractivity contribution is -0.124. The van der Waals surface area contributed by atoms with Crippen LogP contribution in [0, 0.1) is 5.92 Å². The van der Waals surface area contributed by atoms with Gasteiger partial charge in [-0.3, -0.25) is 24.1 Å². The first-order chi connectivity index (χ1) is 12.4. The van der Waals surface area contributed by atoms with Crippen LogP contribution in [0.4, 0.5) is 11.4 Å². The molecule has 0 spiro atoms. The van der Waals surface area contributed by atoms with Gasteiger partial charge >= 0.3 is 0 Å². The van der Waals surface area contributed by atoms with Gasteiger partial charge in [0.15, 0.2) is 0 Å². The number of nitrogens with two attached hydrogens (primary N) is 1. The maximum absolute atomic E-state index is 12.8. The summed E-state index contributed by atoms with van der Waals surface area (Å²) < 4.78 is 0. The molecule has 1 unspecified atom stereocenters. The minimum atomic E-state index is -0.494. The largest absolute Gasteiger partial charge is 0.369 e. The highest BCUT2D eigenvalue weighted by Crippen LogP contribution is 2.29. The average Bonchev–Trinajstić information content (AvgIpc) is 2.90. The Morgan fingerprint density at radius 1 is 1.12 bits per heavy atom. The lowest BCUT2D eigenvalue weighted by Gasteiger charge is -2.33. The monoisotopic (exact) mass is 358 g/mol. The lowest BCUT2D eigenvalue weighted by atomic mass is 9.95. The van der Waals surface area contributed by atoms with Gasteiger partial charge in [-0.2, -0.15) is 0 Å². The van der Waals surface area contributed by atoms with E-state index in [-0.39, 0.29) is 36.0 Å². The molecule has 4 amide bonds. The first-order valence-electron chi connectivity index (χ1n) is 8.64. The van der Waals surface area contributed by atoms with Crippen LogP contribution < -0.4 is 16.0 Å². The summed E-state index contributed by atoms with van der Waals surface area (Å²) in [7, 11) is 0. The van der Waals surface area contributed by atoms with Gasteiger partial charge in [-0.1, -0.05) is 0 Å². The summed E-state index contributed by atoms with van der Waals surface area (Å²) in [5.41, 5.74) is 6.43. The van der Waals surface area contributed by atoms with Crippen molar-refractivity contribution in [2.75, 3.05) is 23.3 Å². The predicted octanol–water partition coefficient (Wildman–Crippen LogP) is 0.474. The Morgan fingerprint density at radius 3 is 2.27 bits per heavy atom. The van der Waals surface area contributed by atoms with Gasteiger partial charge in [0.25, 0.3) is 5.91 Å². The number of amides is 4. The number of benzene rings is 1. The zero-order valence-electron chi connectivity index (χ0n) is 14.6. The number of primary amides is 1. The van der Waals surface area contributed by atoms with Crippen molar-refractivity contribution in [3.05, 3.63) is 24.3 Å². The highest BCUT2D eigenvalue weighted by Gasteiger charge is 2.43. The topological polar surface area (TPSA) is 113 Å². The van der Waals surface area contributed by atoms with Gasteiger partial charge in [-0.05, 0) is 50.2 Å². The second kappa shape index (κ2) is 7.25. The van der Waals surface area contributed by atoms with Gasteiger partial charge in [-0.25, -0.2) is 4.90 Å². The Kier molecular flexibility index (Phi) is 5.03. The van der Waals surface area contributed by atoms with Crippen LogP contribution in [0.1, 0.15) is 26.2 Å². The molecule has 138 valence electrons. The third-order valence-electron chi connectivity index (χ3n) is 4.94. The zero-order chi connectivity index (χ0) is 18.8. The molecule has 2 aliphatic rings. The van der Waals surface area contributed by atoms with Crippen molar-refractivity contribution in [3.63, 3.8) is 0 Å². The van der Waals surface area contributed by atoms with Crippen LogP contribution in [0.2, 0.25) is 0 Å². The van der Waals surface area contributed by atoms with Gasteiger partial charge in [0.2, 0.25) is 17.7 Å². The third-order valence-corrected chi connectivity index (χ3v) is 4.94. The number of rotatable bonds is 4. The molecule has 1 atom stereocenters. The molecule has 8 heteroatoms. The molecular formula is C18H22N4O4. The molecule has 1 aromatic carbocycles. The van der Waals surface area contributed by atoms with Crippen molar-refractivity contribution in [2.45, 2.75) is 32.2 Å². The molecule has 2 fully saturated rings. The zero-order valence-corrected chi connectivity index (χ0v) is 14.6. The molecule has 0 saturated carbocycles. The number of carbonyl (C=O) groups excluding carboxylic acids is 4. The Labute approximate surface area is 151 Å². The lowest BCUT2D eigenvalue weighted by Crippen LogP contribution is -2.47. The van der Waals surface area contributed by atoms with Crippen LogP contribution in [0.25, 0.3) is 0 Å². The number of carbonyl (C=O) groups is 4. The van der Waals surface area contributed by atoms with E-state index in [0.29, 0.717) is 37.3 Å². The number of nitrogens with one attached hydrogen (secondary N) is 1. The number of nitrogens with zero attached hydrogens (tertiary/aromatic N) is 2. The summed E-state index contributed by atoms with van der Waals surface area (Å²) in [4.78, 5) is 50.7. The van der Waals surface area contributed by atoms with E-state index in [1.807, 2.05) is 4.90 Å². The molecule has 0 aliphatic carbocycles. The van der Waals surface area contributed by atoms with Crippen molar-refractivity contribution in [1.29, 1.82) is 0 Å². The normalized spacial score (nSPS) is 21.9. The quantitative estimate of drug-likeness (QED) is 0.760. The summed E-state index contributed by atoms with van der Waals surface area (Å²) in [6.45, 7) is 2.56. The van der Waals surface area contributed by atoms with E-state index in [2.05, 4.69) is 5.32 Å². The maximum Gasteiger partial charge on any atom is 0.251 e. The molecule has 8 nitrogen and oxygen atoms in total. The number of anilines is 2. The van der Waals surface area contributed by atoms with Gasteiger partial charge in [0, 0.05) is 18.5 Å². The second-order valence-electron chi connectivity index (χ2n) is 6.73. The van der Waals surface area contributed by atoms with E-state index >= 15 is 0 Å². The minimum absolute atomic E-state index is 0.132. The van der Waals surface area contributed by atoms with Crippen molar-refractivity contribution in [2.24, 2.45) is 11.7 Å². The highest BCUT2D eigenvalue weighted by atomic mass is 16.2.